The Kier molecular flexibility index (Phi) is 4.09. The summed E-state index contributed by atoms with van der Waals surface area (Å²) >= 11 is 0. The molecule has 1 amide bonds. The second-order valence-corrected chi connectivity index (χ2v) is 4.45. The molecule has 2 heterocycles. The van der Waals surface area contributed by atoms with E-state index >= 15 is 0 Å². The van der Waals surface area contributed by atoms with Gasteiger partial charge in [-0.15, -0.1) is 0 Å². The van der Waals surface area contributed by atoms with Crippen molar-refractivity contribution in [2.24, 2.45) is 5.92 Å². The SMILES string of the molecule is CC1C(=O)N2N(CC=CC2(C)[C-]=O)C1C.[Y]. The molecule has 0 bridgehead atoms. The zero-order valence-corrected chi connectivity index (χ0v) is 12.6. The van der Waals surface area contributed by atoms with E-state index in [0.29, 0.717) is 6.54 Å². The van der Waals surface area contributed by atoms with Crippen molar-refractivity contribution in [3.05, 3.63) is 12.2 Å². The molecule has 85 valence electrons. The summed E-state index contributed by atoms with van der Waals surface area (Å²) in [5, 5.41) is 3.49. The second kappa shape index (κ2) is 4.67. The van der Waals surface area contributed by atoms with Crippen LogP contribution in [-0.2, 0) is 42.3 Å². The third kappa shape index (κ3) is 1.81. The largest absolute Gasteiger partial charge is 0.539 e. The first-order valence-electron chi connectivity index (χ1n) is 5.19. The van der Waals surface area contributed by atoms with Crippen molar-refractivity contribution in [2.45, 2.75) is 32.4 Å². The maximum Gasteiger partial charge on any atom is 0.239 e. The van der Waals surface area contributed by atoms with Crippen molar-refractivity contribution in [1.82, 2.24) is 10.0 Å². The second-order valence-electron chi connectivity index (χ2n) is 4.45. The van der Waals surface area contributed by atoms with Gasteiger partial charge in [-0.2, -0.15) is 0 Å². The molecule has 1 fully saturated rings. The zero-order chi connectivity index (χ0) is 11.2. The number of hydrogen-bond donors (Lipinski definition) is 0. The van der Waals surface area contributed by atoms with E-state index < -0.39 is 5.54 Å². The van der Waals surface area contributed by atoms with E-state index in [2.05, 4.69) is 0 Å². The molecule has 0 aliphatic carbocycles. The predicted molar refractivity (Wildman–Crippen MR) is 55.4 cm³/mol. The molecule has 0 spiro atoms. The fraction of sp³-hybridized carbons (Fsp3) is 0.636. The molecule has 0 saturated carbocycles. The van der Waals surface area contributed by atoms with Crippen LogP contribution in [0.4, 0.5) is 0 Å². The number of rotatable bonds is 1. The maximum absolute atomic E-state index is 12.0. The van der Waals surface area contributed by atoms with E-state index in [1.165, 1.54) is 0 Å². The molecule has 1 saturated heterocycles. The van der Waals surface area contributed by atoms with Crippen molar-refractivity contribution in [3.63, 3.8) is 0 Å². The molecule has 3 atom stereocenters. The van der Waals surface area contributed by atoms with Gasteiger partial charge in [0.25, 0.3) is 0 Å². The van der Waals surface area contributed by atoms with E-state index in [-0.39, 0.29) is 50.6 Å². The molecule has 2 rings (SSSR count). The number of fused-ring (bicyclic) bond motifs is 1. The fourth-order valence-electron chi connectivity index (χ4n) is 2.25. The monoisotopic (exact) mass is 296 g/mol. The van der Waals surface area contributed by atoms with Crippen molar-refractivity contribution < 1.29 is 42.3 Å². The van der Waals surface area contributed by atoms with Gasteiger partial charge in [-0.3, -0.25) is 9.80 Å². The quantitative estimate of drug-likeness (QED) is 0.523. The van der Waals surface area contributed by atoms with Crippen LogP contribution in [0.2, 0.25) is 0 Å². The minimum Gasteiger partial charge on any atom is -0.539 e. The fourth-order valence-corrected chi connectivity index (χ4v) is 2.25. The molecule has 2 aliphatic heterocycles. The van der Waals surface area contributed by atoms with Gasteiger partial charge in [0.15, 0.2) is 0 Å². The van der Waals surface area contributed by atoms with Crippen LogP contribution < -0.4 is 0 Å². The van der Waals surface area contributed by atoms with Gasteiger partial charge >= 0.3 is 0 Å². The van der Waals surface area contributed by atoms with Crippen molar-refractivity contribution in [2.75, 3.05) is 6.54 Å². The van der Waals surface area contributed by atoms with Gasteiger partial charge in [0.05, 0.1) is 5.92 Å². The van der Waals surface area contributed by atoms with Crippen LogP contribution in [0.1, 0.15) is 20.8 Å². The number of carbonyl (C=O) groups is 1. The standard InChI is InChI=1S/C11H15N2O2.Y/c1-8-9(2)12-6-4-5-11(3,7-14)13(12)10(8)15;/h4-5,8-9H,6H2,1-3H3;/q-1;. The van der Waals surface area contributed by atoms with Crippen molar-refractivity contribution >= 4 is 12.2 Å². The smallest absolute Gasteiger partial charge is 0.239 e. The summed E-state index contributed by atoms with van der Waals surface area (Å²) in [4.78, 5) is 23.0. The van der Waals surface area contributed by atoms with Gasteiger partial charge in [-0.1, -0.05) is 26.0 Å². The van der Waals surface area contributed by atoms with Crippen LogP contribution in [0.25, 0.3) is 0 Å². The number of hydrazine groups is 1. The van der Waals surface area contributed by atoms with Crippen LogP contribution >= 0.6 is 0 Å². The maximum atomic E-state index is 12.0. The molecular weight excluding hydrogens is 281 g/mol. The Balaban J connectivity index is 0.00000128. The average molecular weight is 296 g/mol. The molecule has 5 heteroatoms. The normalized spacial score (nSPS) is 38.2. The van der Waals surface area contributed by atoms with Gasteiger partial charge in [-0.25, -0.2) is 11.3 Å². The Morgan fingerprint density at radius 1 is 1.50 bits per heavy atom. The van der Waals surface area contributed by atoms with E-state index in [4.69, 9.17) is 0 Å². The van der Waals surface area contributed by atoms with Crippen molar-refractivity contribution in [1.29, 1.82) is 0 Å². The Bertz CT molecular complexity index is 345. The average Bonchev–Trinajstić information content (AvgIpc) is 2.45. The van der Waals surface area contributed by atoms with Gasteiger partial charge in [-0.05, 0) is 12.5 Å². The molecule has 0 aromatic heterocycles. The molecule has 0 N–H and O–H groups in total. The first kappa shape index (κ1) is 14.0. The number of amides is 1. The summed E-state index contributed by atoms with van der Waals surface area (Å²) in [7, 11) is 0. The summed E-state index contributed by atoms with van der Waals surface area (Å²) in [5.74, 6) is -0.0460. The van der Waals surface area contributed by atoms with Gasteiger partial charge in [0, 0.05) is 45.3 Å². The van der Waals surface area contributed by atoms with Crippen molar-refractivity contribution in [3.8, 4) is 0 Å². The van der Waals surface area contributed by atoms with Gasteiger partial charge in [0.1, 0.15) is 0 Å². The van der Waals surface area contributed by atoms with E-state index in [1.54, 1.807) is 18.0 Å². The van der Waals surface area contributed by atoms with Crippen LogP contribution in [0.3, 0.4) is 0 Å². The summed E-state index contributed by atoms with van der Waals surface area (Å²) in [6, 6.07) is 0.148. The molecule has 16 heavy (non-hydrogen) atoms. The molecule has 0 aromatic rings. The van der Waals surface area contributed by atoms with Crippen LogP contribution in [0.5, 0.6) is 0 Å². The summed E-state index contributed by atoms with van der Waals surface area (Å²) in [6.45, 7) is 6.31. The number of nitrogens with zero attached hydrogens (tertiary/aromatic N) is 2. The first-order valence-corrected chi connectivity index (χ1v) is 5.19. The third-order valence-corrected chi connectivity index (χ3v) is 3.43. The van der Waals surface area contributed by atoms with Crippen LogP contribution in [-0.4, -0.2) is 40.3 Å². The molecule has 2 aliphatic rings. The molecule has 0 aromatic carbocycles. The van der Waals surface area contributed by atoms with Crippen LogP contribution in [0.15, 0.2) is 12.2 Å². The molecule has 3 unspecified atom stereocenters. The Hall–Kier alpha value is -0.0561. The molecule has 4 nitrogen and oxygen atoms in total. The Labute approximate surface area is 121 Å². The zero-order valence-electron chi connectivity index (χ0n) is 9.80. The van der Waals surface area contributed by atoms with E-state index in [0.717, 1.165) is 0 Å². The minimum absolute atomic E-state index is 0. The number of carbonyl (C=O) groups excluding carboxylic acids is 2. The summed E-state index contributed by atoms with van der Waals surface area (Å²) < 4.78 is 0. The third-order valence-electron chi connectivity index (χ3n) is 3.43. The van der Waals surface area contributed by atoms with Crippen LogP contribution in [0, 0.1) is 5.92 Å². The topological polar surface area (TPSA) is 40.6 Å². The van der Waals surface area contributed by atoms with E-state index in [9.17, 15) is 9.59 Å². The summed E-state index contributed by atoms with van der Waals surface area (Å²) in [5.41, 5.74) is -0.922. The van der Waals surface area contributed by atoms with E-state index in [1.807, 2.05) is 31.2 Å². The Morgan fingerprint density at radius 3 is 2.69 bits per heavy atom. The summed E-state index contributed by atoms with van der Waals surface area (Å²) in [6.07, 6.45) is 5.62. The predicted octanol–water partition coefficient (Wildman–Crippen LogP) is 0.506. The number of hydrogen-bond acceptors (Lipinski definition) is 3. The minimum atomic E-state index is -0.922. The molecular formula is C11H15N2O2Y-. The molecule has 1 radical (unpaired) electrons. The first-order chi connectivity index (χ1) is 7.01. The van der Waals surface area contributed by atoms with Gasteiger partial charge in [0.2, 0.25) is 5.91 Å². The Morgan fingerprint density at radius 2 is 2.12 bits per heavy atom. The van der Waals surface area contributed by atoms with Gasteiger partial charge < -0.3 is 4.79 Å².